The minimum absolute atomic E-state index is 0.133. The van der Waals surface area contributed by atoms with Gasteiger partial charge >= 0.3 is 7.32 Å². The van der Waals surface area contributed by atoms with Gasteiger partial charge in [-0.3, -0.25) is 0 Å². The Morgan fingerprint density at radius 1 is 1.62 bits per heavy atom. The summed E-state index contributed by atoms with van der Waals surface area (Å²) in [6.07, 6.45) is 3.51. The lowest BCUT2D eigenvalue weighted by Crippen LogP contribution is -2.27. The minimum Gasteiger partial charge on any atom is -0.402 e. The Bertz CT molecular complexity index is 304. The lowest BCUT2D eigenvalue weighted by atomic mass is 10.0. The molecule has 0 spiro atoms. The molecule has 0 bridgehead atoms. The van der Waals surface area contributed by atoms with E-state index in [1.165, 1.54) is 18.2 Å². The van der Waals surface area contributed by atoms with Gasteiger partial charge in [0.1, 0.15) is 12.0 Å². The number of carbonyl (C=O) groups excluding carboxylic acids is 1. The molecule has 6 heteroatoms. The molecule has 1 rings (SSSR count). The summed E-state index contributed by atoms with van der Waals surface area (Å²) in [4.78, 5) is 10.4. The van der Waals surface area contributed by atoms with Crippen molar-refractivity contribution in [1.82, 2.24) is 0 Å². The molecule has 0 saturated carbocycles. The van der Waals surface area contributed by atoms with Crippen LogP contribution in [0.5, 0.6) is 0 Å². The molecule has 0 saturated heterocycles. The molecule has 4 N–H and O–H groups in total. The number of hydrogen-bond acceptors (Lipinski definition) is 5. The summed E-state index contributed by atoms with van der Waals surface area (Å²) >= 11 is 0. The van der Waals surface area contributed by atoms with Crippen molar-refractivity contribution in [2.24, 2.45) is 5.73 Å². The molecule has 0 aromatic rings. The molecule has 0 amide bonds. The Morgan fingerprint density at radius 3 is 2.85 bits per heavy atom. The van der Waals surface area contributed by atoms with Gasteiger partial charge in [-0.1, -0.05) is 6.08 Å². The topological polar surface area (TPSA) is 92.8 Å². The monoisotopic (exact) mass is 181 g/mol. The zero-order valence-electron chi connectivity index (χ0n) is 6.68. The van der Waals surface area contributed by atoms with Crippen LogP contribution in [0, 0.1) is 0 Å². The van der Waals surface area contributed by atoms with E-state index < -0.39 is 13.4 Å². The van der Waals surface area contributed by atoms with Crippen molar-refractivity contribution >= 4 is 13.3 Å². The highest BCUT2D eigenvalue weighted by Gasteiger charge is 2.21. The Labute approximate surface area is 75.0 Å². The zero-order valence-corrected chi connectivity index (χ0v) is 6.68. The van der Waals surface area contributed by atoms with E-state index in [4.69, 9.17) is 15.8 Å². The van der Waals surface area contributed by atoms with E-state index in [1.54, 1.807) is 5.94 Å². The van der Waals surface area contributed by atoms with Crippen molar-refractivity contribution in [3.8, 4) is 0 Å². The summed E-state index contributed by atoms with van der Waals surface area (Å²) in [5.41, 5.74) is 5.91. The number of allylic oxidation sites excluding steroid dienone is 1. The minimum atomic E-state index is -1.93. The Hall–Kier alpha value is -1.33. The predicted octanol–water partition coefficient (Wildman–Crippen LogP) is -1.49. The Balaban J connectivity index is 2.79. The molecule has 0 heterocycles. The highest BCUT2D eigenvalue weighted by Crippen LogP contribution is 2.14. The molecule has 0 aromatic heterocycles. The summed E-state index contributed by atoms with van der Waals surface area (Å²) in [6.45, 7) is 0. The average molecular weight is 181 g/mol. The molecule has 5 nitrogen and oxygen atoms in total. The van der Waals surface area contributed by atoms with Crippen LogP contribution in [0.2, 0.25) is 0 Å². The van der Waals surface area contributed by atoms with Crippen LogP contribution in [0.3, 0.4) is 0 Å². The fourth-order valence-corrected chi connectivity index (χ4v) is 0.949. The molecule has 1 atom stereocenters. The fourth-order valence-electron chi connectivity index (χ4n) is 0.949. The second-order valence-corrected chi connectivity index (χ2v) is 2.44. The molecule has 1 aliphatic carbocycles. The molecule has 0 aliphatic heterocycles. The summed E-state index contributed by atoms with van der Waals surface area (Å²) in [5, 5.41) is 17.0. The SMILES string of the molecule is NC1=CC(=C=O)C(OB(O)O)C=C1. The summed E-state index contributed by atoms with van der Waals surface area (Å²) in [6, 6.07) is 0. The maximum atomic E-state index is 10.4. The lowest BCUT2D eigenvalue weighted by Gasteiger charge is -2.15. The highest BCUT2D eigenvalue weighted by atomic mass is 16.6. The molecule has 0 radical (unpaired) electrons. The van der Waals surface area contributed by atoms with Crippen molar-refractivity contribution in [2.45, 2.75) is 6.10 Å². The molecule has 68 valence electrons. The van der Waals surface area contributed by atoms with E-state index in [0.29, 0.717) is 5.70 Å². The second kappa shape index (κ2) is 4.07. The summed E-state index contributed by atoms with van der Waals surface area (Å²) in [5.74, 6) is 1.60. The third kappa shape index (κ3) is 2.57. The van der Waals surface area contributed by atoms with Crippen molar-refractivity contribution in [3.63, 3.8) is 0 Å². The van der Waals surface area contributed by atoms with Gasteiger partial charge in [-0.25, -0.2) is 4.79 Å². The standard InChI is InChI=1S/C7H8BNO4/c9-6-1-2-7(13-8(11)12)5(3-6)4-10/h1-3,7,11-12H,9H2. The van der Waals surface area contributed by atoms with Crippen LogP contribution in [0.25, 0.3) is 0 Å². The molecule has 1 unspecified atom stereocenters. The van der Waals surface area contributed by atoms with Crippen LogP contribution in [-0.4, -0.2) is 29.4 Å². The molecule has 13 heavy (non-hydrogen) atoms. The van der Waals surface area contributed by atoms with E-state index in [-0.39, 0.29) is 5.57 Å². The van der Waals surface area contributed by atoms with Gasteiger partial charge in [0.2, 0.25) is 0 Å². The Kier molecular flexibility index (Phi) is 3.05. The average Bonchev–Trinajstić information content (AvgIpc) is 2.07. The van der Waals surface area contributed by atoms with Gasteiger partial charge in [-0.15, -0.1) is 0 Å². The first-order valence-electron chi connectivity index (χ1n) is 3.55. The van der Waals surface area contributed by atoms with Gasteiger partial charge in [-0.05, 0) is 12.2 Å². The van der Waals surface area contributed by atoms with Crippen LogP contribution in [-0.2, 0) is 9.45 Å². The van der Waals surface area contributed by atoms with Crippen molar-refractivity contribution in [1.29, 1.82) is 0 Å². The number of rotatable bonds is 2. The third-order valence-electron chi connectivity index (χ3n) is 1.48. The summed E-state index contributed by atoms with van der Waals surface area (Å²) in [7, 11) is -1.93. The maximum absolute atomic E-state index is 10.4. The van der Waals surface area contributed by atoms with Gasteiger partial charge in [-0.2, -0.15) is 0 Å². The van der Waals surface area contributed by atoms with E-state index in [0.717, 1.165) is 0 Å². The smallest absolute Gasteiger partial charge is 0.402 e. The fraction of sp³-hybridized carbons (Fsp3) is 0.143. The number of nitrogens with two attached hydrogens (primary N) is 1. The quantitative estimate of drug-likeness (QED) is 0.356. The van der Waals surface area contributed by atoms with E-state index in [2.05, 4.69) is 4.65 Å². The van der Waals surface area contributed by atoms with Crippen LogP contribution >= 0.6 is 0 Å². The predicted molar refractivity (Wildman–Crippen MR) is 45.7 cm³/mol. The van der Waals surface area contributed by atoms with Gasteiger partial charge in [0.05, 0.1) is 5.57 Å². The largest absolute Gasteiger partial charge is 0.634 e. The second-order valence-electron chi connectivity index (χ2n) is 2.44. The van der Waals surface area contributed by atoms with Crippen molar-refractivity contribution < 1.29 is 19.5 Å². The maximum Gasteiger partial charge on any atom is 0.634 e. The van der Waals surface area contributed by atoms with E-state index >= 15 is 0 Å². The Morgan fingerprint density at radius 2 is 2.31 bits per heavy atom. The molecule has 0 aromatic carbocycles. The first-order chi connectivity index (χ1) is 6.13. The highest BCUT2D eigenvalue weighted by molar-refractivity contribution is 6.32. The van der Waals surface area contributed by atoms with Crippen LogP contribution in [0.1, 0.15) is 0 Å². The zero-order chi connectivity index (χ0) is 9.84. The van der Waals surface area contributed by atoms with Gasteiger partial charge < -0.3 is 20.4 Å². The number of hydrogen-bond donors (Lipinski definition) is 3. The van der Waals surface area contributed by atoms with Gasteiger partial charge in [0.25, 0.3) is 0 Å². The van der Waals surface area contributed by atoms with Gasteiger partial charge in [0, 0.05) is 5.70 Å². The van der Waals surface area contributed by atoms with Crippen molar-refractivity contribution in [3.05, 3.63) is 29.5 Å². The molecule has 1 aliphatic rings. The molecular weight excluding hydrogens is 173 g/mol. The lowest BCUT2D eigenvalue weighted by molar-refractivity contribution is 0.168. The van der Waals surface area contributed by atoms with Crippen molar-refractivity contribution in [2.75, 3.05) is 0 Å². The molecule has 0 fully saturated rings. The van der Waals surface area contributed by atoms with Crippen LogP contribution < -0.4 is 5.73 Å². The third-order valence-corrected chi connectivity index (χ3v) is 1.48. The van der Waals surface area contributed by atoms with E-state index in [1.807, 2.05) is 0 Å². The van der Waals surface area contributed by atoms with Crippen LogP contribution in [0.15, 0.2) is 29.5 Å². The first kappa shape index (κ1) is 9.76. The summed E-state index contributed by atoms with van der Waals surface area (Å²) < 4.78 is 4.57. The van der Waals surface area contributed by atoms with Crippen LogP contribution in [0.4, 0.5) is 0 Å². The van der Waals surface area contributed by atoms with Gasteiger partial charge in [0.15, 0.2) is 0 Å². The van der Waals surface area contributed by atoms with E-state index in [9.17, 15) is 4.79 Å². The first-order valence-corrected chi connectivity index (χ1v) is 3.55. The molecular formula is C7H8BNO4. The normalized spacial score (nSPS) is 20.9.